The van der Waals surface area contributed by atoms with Crippen molar-refractivity contribution < 1.29 is 14.5 Å². The van der Waals surface area contributed by atoms with Gasteiger partial charge >= 0.3 is 0 Å². The molecule has 0 aliphatic carbocycles. The van der Waals surface area contributed by atoms with Crippen LogP contribution in [0.4, 0.5) is 11.5 Å². The first-order chi connectivity index (χ1) is 13.0. The largest absolute Gasteiger partial charge is 0.484 e. The number of nitrogens with zero attached hydrogens (tertiary/aromatic N) is 4. The molecular formula is C19H22N4O4. The number of benzene rings is 1. The third kappa shape index (κ3) is 4.93. The van der Waals surface area contributed by atoms with Crippen LogP contribution in [0.3, 0.4) is 0 Å². The first kappa shape index (κ1) is 18.6. The van der Waals surface area contributed by atoms with Gasteiger partial charge in [0, 0.05) is 32.2 Å². The molecule has 0 spiro atoms. The van der Waals surface area contributed by atoms with Crippen molar-refractivity contribution in [3.63, 3.8) is 0 Å². The van der Waals surface area contributed by atoms with E-state index in [1.807, 2.05) is 36.1 Å². The summed E-state index contributed by atoms with van der Waals surface area (Å²) in [5.41, 5.74) is 1.11. The molecule has 0 atom stereocenters. The van der Waals surface area contributed by atoms with E-state index >= 15 is 0 Å². The molecule has 1 fully saturated rings. The molecule has 1 aromatic heterocycles. The highest BCUT2D eigenvalue weighted by molar-refractivity contribution is 5.77. The fraction of sp³-hybridized carbons (Fsp3) is 0.368. The first-order valence-electron chi connectivity index (χ1n) is 8.85. The molecule has 27 heavy (non-hydrogen) atoms. The maximum Gasteiger partial charge on any atom is 0.287 e. The molecule has 1 saturated heterocycles. The number of rotatable bonds is 5. The molecule has 3 rings (SSSR count). The van der Waals surface area contributed by atoms with Gasteiger partial charge < -0.3 is 14.5 Å². The number of ether oxygens (including phenoxy) is 1. The number of pyridine rings is 1. The standard InChI is InChI=1S/C19H22N4O4/c1-15-3-6-17(7-4-15)27-14-19(24)22-10-2-9-21(11-12-22)18-8-5-16(13-20-18)23(25)26/h3-8,13H,2,9-12,14H2,1H3. The predicted octanol–water partition coefficient (Wildman–Crippen LogP) is 2.42. The van der Waals surface area contributed by atoms with Crippen LogP contribution >= 0.6 is 0 Å². The molecule has 0 radical (unpaired) electrons. The summed E-state index contributed by atoms with van der Waals surface area (Å²) >= 11 is 0. The number of nitro groups is 1. The second-order valence-electron chi connectivity index (χ2n) is 6.45. The molecule has 1 amide bonds. The van der Waals surface area contributed by atoms with Crippen molar-refractivity contribution in [2.75, 3.05) is 37.7 Å². The lowest BCUT2D eigenvalue weighted by Gasteiger charge is -2.22. The van der Waals surface area contributed by atoms with E-state index in [2.05, 4.69) is 4.98 Å². The monoisotopic (exact) mass is 370 g/mol. The summed E-state index contributed by atoms with van der Waals surface area (Å²) in [7, 11) is 0. The lowest BCUT2D eigenvalue weighted by molar-refractivity contribution is -0.385. The van der Waals surface area contributed by atoms with Gasteiger partial charge in [0.15, 0.2) is 6.61 Å². The van der Waals surface area contributed by atoms with Crippen molar-refractivity contribution in [3.05, 3.63) is 58.3 Å². The fourth-order valence-corrected chi connectivity index (χ4v) is 2.94. The van der Waals surface area contributed by atoms with E-state index in [1.165, 1.54) is 12.3 Å². The number of carbonyl (C=O) groups excluding carboxylic acids is 1. The molecule has 8 nitrogen and oxygen atoms in total. The maximum atomic E-state index is 12.4. The molecule has 2 heterocycles. The number of aromatic nitrogens is 1. The van der Waals surface area contributed by atoms with Gasteiger partial charge in [0.1, 0.15) is 17.8 Å². The van der Waals surface area contributed by atoms with Crippen LogP contribution in [0.15, 0.2) is 42.6 Å². The summed E-state index contributed by atoms with van der Waals surface area (Å²) in [5.74, 6) is 1.32. The Morgan fingerprint density at radius 1 is 1.15 bits per heavy atom. The maximum absolute atomic E-state index is 12.4. The molecule has 1 aliphatic heterocycles. The van der Waals surface area contributed by atoms with E-state index < -0.39 is 4.92 Å². The van der Waals surface area contributed by atoms with Crippen LogP contribution in [0.5, 0.6) is 5.75 Å². The lowest BCUT2D eigenvalue weighted by Crippen LogP contribution is -2.38. The van der Waals surface area contributed by atoms with Crippen molar-refractivity contribution >= 4 is 17.4 Å². The van der Waals surface area contributed by atoms with Crippen LogP contribution in [-0.2, 0) is 4.79 Å². The highest BCUT2D eigenvalue weighted by atomic mass is 16.6. The molecule has 0 saturated carbocycles. The van der Waals surface area contributed by atoms with E-state index in [4.69, 9.17) is 4.74 Å². The Morgan fingerprint density at radius 2 is 1.93 bits per heavy atom. The molecule has 142 valence electrons. The third-order valence-electron chi connectivity index (χ3n) is 4.50. The van der Waals surface area contributed by atoms with Gasteiger partial charge in [-0.2, -0.15) is 0 Å². The third-order valence-corrected chi connectivity index (χ3v) is 4.50. The van der Waals surface area contributed by atoms with Gasteiger partial charge in [-0.25, -0.2) is 4.98 Å². The molecule has 2 aromatic rings. The van der Waals surface area contributed by atoms with E-state index in [-0.39, 0.29) is 18.2 Å². The Balaban J connectivity index is 1.53. The Hall–Kier alpha value is -3.16. The number of aryl methyl sites for hydroxylation is 1. The zero-order valence-electron chi connectivity index (χ0n) is 15.2. The Morgan fingerprint density at radius 3 is 2.59 bits per heavy atom. The fourth-order valence-electron chi connectivity index (χ4n) is 2.94. The van der Waals surface area contributed by atoms with Gasteiger partial charge in [0.2, 0.25) is 0 Å². The summed E-state index contributed by atoms with van der Waals surface area (Å²) in [6.07, 6.45) is 2.06. The minimum Gasteiger partial charge on any atom is -0.484 e. The van der Waals surface area contributed by atoms with E-state index in [1.54, 1.807) is 11.0 Å². The average molecular weight is 370 g/mol. The molecule has 0 unspecified atom stereocenters. The van der Waals surface area contributed by atoms with Gasteiger partial charge in [0.25, 0.3) is 11.6 Å². The van der Waals surface area contributed by atoms with Crippen molar-refractivity contribution in [1.82, 2.24) is 9.88 Å². The molecule has 1 aromatic carbocycles. The molecule has 0 bridgehead atoms. The van der Waals surface area contributed by atoms with Crippen molar-refractivity contribution in [1.29, 1.82) is 0 Å². The number of carbonyl (C=O) groups is 1. The van der Waals surface area contributed by atoms with Crippen LogP contribution in [-0.4, -0.2) is 53.5 Å². The zero-order valence-corrected chi connectivity index (χ0v) is 15.2. The van der Waals surface area contributed by atoms with Crippen LogP contribution in [0.25, 0.3) is 0 Å². The predicted molar refractivity (Wildman–Crippen MR) is 101 cm³/mol. The summed E-state index contributed by atoms with van der Waals surface area (Å²) in [5, 5.41) is 10.7. The molecule has 8 heteroatoms. The van der Waals surface area contributed by atoms with Gasteiger partial charge in [0.05, 0.1) is 4.92 Å². The van der Waals surface area contributed by atoms with E-state index in [9.17, 15) is 14.9 Å². The van der Waals surface area contributed by atoms with E-state index in [0.29, 0.717) is 31.2 Å². The second kappa shape index (κ2) is 8.48. The van der Waals surface area contributed by atoms with Crippen LogP contribution in [0.2, 0.25) is 0 Å². The lowest BCUT2D eigenvalue weighted by atomic mass is 10.2. The van der Waals surface area contributed by atoms with Crippen molar-refractivity contribution in [3.8, 4) is 5.75 Å². The van der Waals surface area contributed by atoms with Crippen LogP contribution in [0.1, 0.15) is 12.0 Å². The summed E-state index contributed by atoms with van der Waals surface area (Å²) in [4.78, 5) is 30.7. The summed E-state index contributed by atoms with van der Waals surface area (Å²) in [6.45, 7) is 4.60. The Bertz CT molecular complexity index is 792. The number of hydrogen-bond donors (Lipinski definition) is 0. The minimum atomic E-state index is -0.465. The van der Waals surface area contributed by atoms with E-state index in [0.717, 1.165) is 18.5 Å². The Labute approximate surface area is 157 Å². The molecule has 0 N–H and O–H groups in total. The number of hydrogen-bond acceptors (Lipinski definition) is 6. The topological polar surface area (TPSA) is 88.8 Å². The Kier molecular flexibility index (Phi) is 5.85. The quantitative estimate of drug-likeness (QED) is 0.593. The highest BCUT2D eigenvalue weighted by Crippen LogP contribution is 2.18. The zero-order chi connectivity index (χ0) is 19.2. The number of anilines is 1. The minimum absolute atomic E-state index is 0.0127. The highest BCUT2D eigenvalue weighted by Gasteiger charge is 2.20. The number of amides is 1. The van der Waals surface area contributed by atoms with Crippen LogP contribution in [0, 0.1) is 17.0 Å². The van der Waals surface area contributed by atoms with Crippen molar-refractivity contribution in [2.45, 2.75) is 13.3 Å². The summed E-state index contributed by atoms with van der Waals surface area (Å²) in [6, 6.07) is 10.7. The van der Waals surface area contributed by atoms with Gasteiger partial charge in [-0.05, 0) is 31.5 Å². The van der Waals surface area contributed by atoms with Crippen LogP contribution < -0.4 is 9.64 Å². The molecular weight excluding hydrogens is 348 g/mol. The average Bonchev–Trinajstić information content (AvgIpc) is 2.94. The van der Waals surface area contributed by atoms with Gasteiger partial charge in [-0.15, -0.1) is 0 Å². The SMILES string of the molecule is Cc1ccc(OCC(=O)N2CCCN(c3ccc([N+](=O)[O-])cn3)CC2)cc1. The first-order valence-corrected chi connectivity index (χ1v) is 8.85. The van der Waals surface area contributed by atoms with Gasteiger partial charge in [-0.3, -0.25) is 14.9 Å². The van der Waals surface area contributed by atoms with Gasteiger partial charge in [-0.1, -0.05) is 17.7 Å². The smallest absolute Gasteiger partial charge is 0.287 e. The van der Waals surface area contributed by atoms with Crippen molar-refractivity contribution in [2.24, 2.45) is 0 Å². The molecule has 1 aliphatic rings. The normalized spacial score (nSPS) is 14.6. The summed E-state index contributed by atoms with van der Waals surface area (Å²) < 4.78 is 5.58. The second-order valence-corrected chi connectivity index (χ2v) is 6.45.